The van der Waals surface area contributed by atoms with Crippen LogP contribution in [0.5, 0.6) is 0 Å². The summed E-state index contributed by atoms with van der Waals surface area (Å²) in [5.41, 5.74) is 1.89. The third-order valence-corrected chi connectivity index (χ3v) is 3.35. The first-order valence-corrected chi connectivity index (χ1v) is 8.22. The lowest BCUT2D eigenvalue weighted by atomic mass is 10.2. The molecule has 0 aliphatic carbocycles. The second-order valence-corrected chi connectivity index (χ2v) is 5.16. The summed E-state index contributed by atoms with van der Waals surface area (Å²) in [7, 11) is 0. The second kappa shape index (κ2) is 10.4. The first kappa shape index (κ1) is 19.6. The molecule has 1 rings (SSSR count). The summed E-state index contributed by atoms with van der Waals surface area (Å²) in [4.78, 5) is 25.0. The van der Waals surface area contributed by atoms with Crippen molar-refractivity contribution >= 4 is 40.6 Å². The number of nitrogens with one attached hydrogen (secondary N) is 2. The second-order valence-electron chi connectivity index (χ2n) is 4.75. The highest BCUT2D eigenvalue weighted by atomic mass is 32.1. The fourth-order valence-electron chi connectivity index (χ4n) is 1.99. The number of hydrogen-bond donors (Lipinski definition) is 2. The van der Waals surface area contributed by atoms with E-state index in [1.54, 1.807) is 6.92 Å². The van der Waals surface area contributed by atoms with Crippen molar-refractivity contribution in [3.05, 3.63) is 36.4 Å². The molecule has 0 atom stereocenters. The minimum absolute atomic E-state index is 0.157. The Morgan fingerprint density at radius 3 is 2.29 bits per heavy atom. The van der Waals surface area contributed by atoms with Crippen LogP contribution in [0, 0.1) is 0 Å². The Kier molecular flexibility index (Phi) is 8.49. The molecule has 0 radical (unpaired) electrons. The molecule has 1 aromatic rings. The van der Waals surface area contributed by atoms with Crippen molar-refractivity contribution in [1.29, 1.82) is 0 Å². The molecule has 1 amide bonds. The summed E-state index contributed by atoms with van der Waals surface area (Å²) in [6.45, 7) is 8.02. The van der Waals surface area contributed by atoms with Crippen LogP contribution in [0.2, 0.25) is 0 Å². The van der Waals surface area contributed by atoms with Crippen molar-refractivity contribution in [3.63, 3.8) is 0 Å². The third kappa shape index (κ3) is 6.78. The van der Waals surface area contributed by atoms with Gasteiger partial charge in [0.05, 0.1) is 6.61 Å². The molecule has 0 aliphatic heterocycles. The summed E-state index contributed by atoms with van der Waals surface area (Å²) in [6.07, 6.45) is 2.13. The fraction of sp³-hybridized carbons (Fsp3) is 0.353. The molecular formula is C17H23N3O3S. The average Bonchev–Trinajstić information content (AvgIpc) is 2.56. The van der Waals surface area contributed by atoms with Gasteiger partial charge in [0.2, 0.25) is 5.91 Å². The number of esters is 1. The van der Waals surface area contributed by atoms with Gasteiger partial charge in [-0.1, -0.05) is 0 Å². The van der Waals surface area contributed by atoms with E-state index in [1.807, 2.05) is 24.3 Å². The Bertz CT molecular complexity index is 596. The molecule has 0 saturated heterocycles. The normalized spacial score (nSPS) is 10.3. The first-order valence-electron chi connectivity index (χ1n) is 7.81. The van der Waals surface area contributed by atoms with E-state index in [-0.39, 0.29) is 11.7 Å². The summed E-state index contributed by atoms with van der Waals surface area (Å²) < 4.78 is 4.68. The van der Waals surface area contributed by atoms with E-state index >= 15 is 0 Å². The number of amides is 1. The number of carbonyl (C=O) groups excluding carboxylic acids is 2. The topological polar surface area (TPSA) is 70.7 Å². The lowest BCUT2D eigenvalue weighted by molar-refractivity contribution is -0.137. The van der Waals surface area contributed by atoms with Crippen molar-refractivity contribution in [2.45, 2.75) is 20.8 Å². The number of benzene rings is 1. The van der Waals surface area contributed by atoms with E-state index < -0.39 is 11.9 Å². The van der Waals surface area contributed by atoms with Gasteiger partial charge in [0, 0.05) is 36.6 Å². The number of rotatable bonds is 7. The van der Waals surface area contributed by atoms with Crippen LogP contribution >= 0.6 is 12.2 Å². The molecule has 2 N–H and O–H groups in total. The summed E-state index contributed by atoms with van der Waals surface area (Å²) >= 11 is 5.07. The predicted molar refractivity (Wildman–Crippen MR) is 100 cm³/mol. The number of carbonyl (C=O) groups is 2. The van der Waals surface area contributed by atoms with Gasteiger partial charge in [0.15, 0.2) is 5.11 Å². The number of anilines is 2. The maximum atomic E-state index is 11.6. The molecule has 0 unspecified atom stereocenters. The third-order valence-electron chi connectivity index (χ3n) is 3.15. The Labute approximate surface area is 147 Å². The SMILES string of the molecule is CCOC(=O)C=CC(=O)NC(=S)Nc1ccc(N(CC)CC)cc1. The average molecular weight is 349 g/mol. The van der Waals surface area contributed by atoms with Crippen LogP contribution in [0.3, 0.4) is 0 Å². The standard InChI is InChI=1S/C17H23N3O3S/c1-4-20(5-2)14-9-7-13(8-10-14)18-17(24)19-15(21)11-12-16(22)23-6-3/h7-12H,4-6H2,1-3H3,(H2,18,19,21,24). The smallest absolute Gasteiger partial charge is 0.330 e. The highest BCUT2D eigenvalue weighted by molar-refractivity contribution is 7.80. The van der Waals surface area contributed by atoms with Crippen molar-refractivity contribution < 1.29 is 14.3 Å². The number of hydrogen-bond acceptors (Lipinski definition) is 5. The Morgan fingerprint density at radius 1 is 1.12 bits per heavy atom. The van der Waals surface area contributed by atoms with Crippen molar-refractivity contribution in [2.24, 2.45) is 0 Å². The molecule has 0 spiro atoms. The van der Waals surface area contributed by atoms with E-state index in [4.69, 9.17) is 12.2 Å². The Balaban J connectivity index is 2.53. The summed E-state index contributed by atoms with van der Waals surface area (Å²) in [5, 5.41) is 5.54. The molecule has 0 fully saturated rings. The van der Waals surface area contributed by atoms with Crippen LogP contribution in [0.4, 0.5) is 11.4 Å². The van der Waals surface area contributed by atoms with Crippen LogP contribution in [-0.4, -0.2) is 36.7 Å². The van der Waals surface area contributed by atoms with Crippen LogP contribution in [-0.2, 0) is 14.3 Å². The molecule has 7 heteroatoms. The molecule has 0 aliphatic rings. The van der Waals surface area contributed by atoms with Gasteiger partial charge < -0.3 is 15.0 Å². The number of thiocarbonyl (C=S) groups is 1. The Morgan fingerprint density at radius 2 is 1.75 bits per heavy atom. The van der Waals surface area contributed by atoms with E-state index in [0.29, 0.717) is 0 Å². The molecule has 24 heavy (non-hydrogen) atoms. The van der Waals surface area contributed by atoms with Gasteiger partial charge in [-0.3, -0.25) is 10.1 Å². The molecule has 0 aromatic heterocycles. The zero-order chi connectivity index (χ0) is 17.9. The summed E-state index contributed by atoms with van der Waals surface area (Å²) in [6, 6.07) is 7.75. The van der Waals surface area contributed by atoms with E-state index in [0.717, 1.165) is 36.6 Å². The number of ether oxygens (including phenoxy) is 1. The van der Waals surface area contributed by atoms with Gasteiger partial charge in [-0.2, -0.15) is 0 Å². The predicted octanol–water partition coefficient (Wildman–Crippen LogP) is 2.47. The largest absolute Gasteiger partial charge is 0.463 e. The lowest BCUT2D eigenvalue weighted by Gasteiger charge is -2.21. The summed E-state index contributed by atoms with van der Waals surface area (Å²) in [5.74, 6) is -1.07. The van der Waals surface area contributed by atoms with E-state index in [2.05, 4.69) is 34.1 Å². The quantitative estimate of drug-likeness (QED) is 0.448. The van der Waals surface area contributed by atoms with Crippen molar-refractivity contribution in [3.8, 4) is 0 Å². The van der Waals surface area contributed by atoms with Gasteiger partial charge in [0.1, 0.15) is 0 Å². The number of nitrogens with zero attached hydrogens (tertiary/aromatic N) is 1. The van der Waals surface area contributed by atoms with Crippen molar-refractivity contribution in [1.82, 2.24) is 5.32 Å². The minimum atomic E-state index is -0.571. The van der Waals surface area contributed by atoms with Gasteiger partial charge in [0.25, 0.3) is 0 Å². The van der Waals surface area contributed by atoms with Gasteiger partial charge in [-0.05, 0) is 57.3 Å². The van der Waals surface area contributed by atoms with Crippen LogP contribution < -0.4 is 15.5 Å². The monoisotopic (exact) mass is 349 g/mol. The van der Waals surface area contributed by atoms with Crippen LogP contribution in [0.25, 0.3) is 0 Å². The lowest BCUT2D eigenvalue weighted by Crippen LogP contribution is -2.33. The zero-order valence-electron chi connectivity index (χ0n) is 14.2. The van der Waals surface area contributed by atoms with Gasteiger partial charge >= 0.3 is 5.97 Å². The molecule has 0 heterocycles. The fourth-order valence-corrected chi connectivity index (χ4v) is 2.21. The van der Waals surface area contributed by atoms with Crippen molar-refractivity contribution in [2.75, 3.05) is 29.9 Å². The molecule has 6 nitrogen and oxygen atoms in total. The molecule has 1 aromatic carbocycles. The van der Waals surface area contributed by atoms with E-state index in [1.165, 1.54) is 0 Å². The highest BCUT2D eigenvalue weighted by Gasteiger charge is 2.05. The van der Waals surface area contributed by atoms with E-state index in [9.17, 15) is 9.59 Å². The zero-order valence-corrected chi connectivity index (χ0v) is 15.0. The molecular weight excluding hydrogens is 326 g/mol. The first-order chi connectivity index (χ1) is 11.5. The van der Waals surface area contributed by atoms with Gasteiger partial charge in [-0.15, -0.1) is 0 Å². The van der Waals surface area contributed by atoms with Crippen LogP contribution in [0.1, 0.15) is 20.8 Å². The maximum absolute atomic E-state index is 11.6. The minimum Gasteiger partial charge on any atom is -0.463 e. The molecule has 0 bridgehead atoms. The Hall–Kier alpha value is -2.41. The van der Waals surface area contributed by atoms with Gasteiger partial charge in [-0.25, -0.2) is 4.79 Å². The molecule has 130 valence electrons. The van der Waals surface area contributed by atoms with Crippen LogP contribution in [0.15, 0.2) is 36.4 Å². The highest BCUT2D eigenvalue weighted by Crippen LogP contribution is 2.17. The maximum Gasteiger partial charge on any atom is 0.330 e. The molecule has 0 saturated carbocycles.